The number of carbonyl (C=O) groups excluding carboxylic acids is 1. The van der Waals surface area contributed by atoms with Crippen LogP contribution in [0.25, 0.3) is 0 Å². The van der Waals surface area contributed by atoms with Crippen molar-refractivity contribution in [2.24, 2.45) is 5.73 Å². The second kappa shape index (κ2) is 24.2. The summed E-state index contributed by atoms with van der Waals surface area (Å²) in [5.41, 5.74) is 4.53. The summed E-state index contributed by atoms with van der Waals surface area (Å²) in [5.74, 6) is -0.481. The number of amides is 1. The van der Waals surface area contributed by atoms with Crippen molar-refractivity contribution < 1.29 is 34.4 Å². The average Bonchev–Trinajstić information content (AvgIpc) is 2.41. The largest absolute Gasteiger partial charge is 1.00 e. The molecule has 0 fully saturated rings. The third-order valence-corrected chi connectivity index (χ3v) is 3.05. The zero-order chi connectivity index (χ0) is 14.8. The van der Waals surface area contributed by atoms with E-state index in [-0.39, 0.29) is 29.6 Å². The third-order valence-electron chi connectivity index (χ3n) is 3.05. The van der Waals surface area contributed by atoms with Gasteiger partial charge in [-0.25, -0.2) is 0 Å². The maximum atomic E-state index is 9.47. The van der Waals surface area contributed by atoms with E-state index >= 15 is 0 Å². The standard InChI is InChI=1S/C14H29.C3H5NO.Na/c1-3-5-7-9-11-13-14-12-10-8-6-4-2;1-2-3(4)5;/h1,3-14H2,2H3;2H,1H2,(H2,4,5);/q-1;;+1. The normalized spacial score (nSPS) is 9.10. The van der Waals surface area contributed by atoms with E-state index < -0.39 is 5.91 Å². The Morgan fingerprint density at radius 1 is 0.950 bits per heavy atom. The molecule has 0 saturated carbocycles. The Morgan fingerprint density at radius 2 is 1.25 bits per heavy atom. The summed E-state index contributed by atoms with van der Waals surface area (Å²) in [7, 11) is 0. The van der Waals surface area contributed by atoms with Crippen molar-refractivity contribution in [2.75, 3.05) is 0 Å². The molecule has 3 heteroatoms. The molecule has 0 saturated heterocycles. The zero-order valence-electron chi connectivity index (χ0n) is 14.0. The summed E-state index contributed by atoms with van der Waals surface area (Å²) in [5, 5.41) is 0. The molecule has 0 aromatic heterocycles. The summed E-state index contributed by atoms with van der Waals surface area (Å²) in [4.78, 5) is 9.47. The molecule has 0 heterocycles. The van der Waals surface area contributed by atoms with Crippen LogP contribution in [0.2, 0.25) is 0 Å². The van der Waals surface area contributed by atoms with Crippen molar-refractivity contribution >= 4 is 5.91 Å². The van der Waals surface area contributed by atoms with Crippen LogP contribution in [0.15, 0.2) is 12.7 Å². The van der Waals surface area contributed by atoms with Gasteiger partial charge in [-0.05, 0) is 6.08 Å². The van der Waals surface area contributed by atoms with Crippen LogP contribution in [0.5, 0.6) is 0 Å². The van der Waals surface area contributed by atoms with E-state index in [1.165, 1.54) is 70.6 Å². The first-order valence-electron chi connectivity index (χ1n) is 7.90. The van der Waals surface area contributed by atoms with Gasteiger partial charge in [-0.1, -0.05) is 84.1 Å². The van der Waals surface area contributed by atoms with Crippen LogP contribution in [0, 0.1) is 6.92 Å². The van der Waals surface area contributed by atoms with Gasteiger partial charge in [-0.15, -0.1) is 0 Å². The van der Waals surface area contributed by atoms with Gasteiger partial charge in [0.2, 0.25) is 5.91 Å². The smallest absolute Gasteiger partial charge is 0.366 e. The SMILES string of the molecule is C=CC(N)=O.[CH2-]CCCCCCCCCCCCC.[Na+]. The molecule has 0 spiro atoms. The molecule has 0 aliphatic heterocycles. The molecule has 0 rings (SSSR count). The Kier molecular flexibility index (Phi) is 30.5. The van der Waals surface area contributed by atoms with E-state index in [9.17, 15) is 4.79 Å². The Balaban J connectivity index is -0.000000414. The molecule has 0 aliphatic carbocycles. The molecule has 0 aromatic carbocycles. The molecule has 0 aliphatic rings. The summed E-state index contributed by atoms with van der Waals surface area (Å²) in [6.45, 7) is 9.23. The van der Waals surface area contributed by atoms with Gasteiger partial charge in [0.25, 0.3) is 0 Å². The number of rotatable bonds is 12. The minimum atomic E-state index is -0.481. The van der Waals surface area contributed by atoms with Crippen molar-refractivity contribution in [3.05, 3.63) is 19.6 Å². The number of primary amides is 1. The van der Waals surface area contributed by atoms with E-state index in [1.807, 2.05) is 0 Å². The molecular weight excluding hydrogens is 257 g/mol. The van der Waals surface area contributed by atoms with Crippen LogP contribution in [0.3, 0.4) is 0 Å². The Morgan fingerprint density at radius 3 is 1.50 bits per heavy atom. The molecule has 2 nitrogen and oxygen atoms in total. The van der Waals surface area contributed by atoms with E-state index in [2.05, 4.69) is 26.2 Å². The monoisotopic (exact) mass is 291 g/mol. The molecule has 114 valence electrons. The molecular formula is C17H34NNaO. The van der Waals surface area contributed by atoms with Gasteiger partial charge in [-0.3, -0.25) is 4.79 Å². The van der Waals surface area contributed by atoms with Crippen molar-refractivity contribution in [1.82, 2.24) is 0 Å². The number of carbonyl (C=O) groups is 1. The molecule has 20 heavy (non-hydrogen) atoms. The van der Waals surface area contributed by atoms with Gasteiger partial charge in [0.1, 0.15) is 0 Å². The fraction of sp³-hybridized carbons (Fsp3) is 0.765. The summed E-state index contributed by atoms with van der Waals surface area (Å²) in [6.07, 6.45) is 17.9. The van der Waals surface area contributed by atoms with Crippen molar-refractivity contribution in [3.8, 4) is 0 Å². The quantitative estimate of drug-likeness (QED) is 0.255. The number of unbranched alkanes of at least 4 members (excludes halogenated alkanes) is 11. The van der Waals surface area contributed by atoms with Crippen LogP contribution in [-0.2, 0) is 4.79 Å². The predicted octanol–water partition coefficient (Wildman–Crippen LogP) is 2.18. The molecule has 0 bridgehead atoms. The summed E-state index contributed by atoms with van der Waals surface area (Å²) >= 11 is 0. The number of nitrogens with two attached hydrogens (primary N) is 1. The van der Waals surface area contributed by atoms with E-state index in [0.717, 1.165) is 12.5 Å². The van der Waals surface area contributed by atoms with Gasteiger partial charge in [0.05, 0.1) is 0 Å². The van der Waals surface area contributed by atoms with Crippen molar-refractivity contribution in [1.29, 1.82) is 0 Å². The van der Waals surface area contributed by atoms with Crippen LogP contribution < -0.4 is 35.3 Å². The first-order valence-corrected chi connectivity index (χ1v) is 7.90. The summed E-state index contributed by atoms with van der Waals surface area (Å²) < 4.78 is 0. The number of hydrogen-bond donors (Lipinski definition) is 1. The fourth-order valence-electron chi connectivity index (χ4n) is 1.84. The van der Waals surface area contributed by atoms with Crippen LogP contribution in [-0.4, -0.2) is 5.91 Å². The number of hydrogen-bond acceptors (Lipinski definition) is 1. The predicted molar refractivity (Wildman–Crippen MR) is 85.8 cm³/mol. The van der Waals surface area contributed by atoms with Gasteiger partial charge in [-0.2, -0.15) is 6.42 Å². The Hall–Kier alpha value is 0.210. The molecule has 0 unspecified atom stereocenters. The first-order chi connectivity index (χ1) is 9.18. The topological polar surface area (TPSA) is 43.1 Å². The molecule has 0 radical (unpaired) electrons. The van der Waals surface area contributed by atoms with Crippen LogP contribution >= 0.6 is 0 Å². The average molecular weight is 291 g/mol. The second-order valence-electron chi connectivity index (χ2n) is 5.00. The Labute approximate surface area is 149 Å². The summed E-state index contributed by atoms with van der Waals surface area (Å²) in [6, 6.07) is 0. The molecule has 1 amide bonds. The van der Waals surface area contributed by atoms with Gasteiger partial charge < -0.3 is 12.7 Å². The van der Waals surface area contributed by atoms with Gasteiger partial charge in [0, 0.05) is 0 Å². The minimum absolute atomic E-state index is 0. The third kappa shape index (κ3) is 30.9. The van der Waals surface area contributed by atoms with E-state index in [4.69, 9.17) is 0 Å². The zero-order valence-corrected chi connectivity index (χ0v) is 16.0. The van der Waals surface area contributed by atoms with Gasteiger partial charge >= 0.3 is 29.6 Å². The van der Waals surface area contributed by atoms with E-state index in [0.29, 0.717) is 0 Å². The second-order valence-corrected chi connectivity index (χ2v) is 5.00. The van der Waals surface area contributed by atoms with E-state index in [1.54, 1.807) is 0 Å². The Bertz CT molecular complexity index is 183. The van der Waals surface area contributed by atoms with Crippen molar-refractivity contribution in [3.63, 3.8) is 0 Å². The molecule has 0 aromatic rings. The van der Waals surface area contributed by atoms with Crippen LogP contribution in [0.4, 0.5) is 0 Å². The van der Waals surface area contributed by atoms with Gasteiger partial charge in [0.15, 0.2) is 0 Å². The molecule has 0 atom stereocenters. The fourth-order valence-corrected chi connectivity index (χ4v) is 1.84. The van der Waals surface area contributed by atoms with Crippen molar-refractivity contribution in [2.45, 2.75) is 84.0 Å². The minimum Gasteiger partial charge on any atom is -0.366 e. The molecule has 2 N–H and O–H groups in total. The first kappa shape index (κ1) is 25.2. The maximum absolute atomic E-state index is 9.47. The maximum Gasteiger partial charge on any atom is 1.00 e. The van der Waals surface area contributed by atoms with Crippen LogP contribution in [0.1, 0.15) is 84.0 Å².